The molecule has 1 rings (SSSR count). The molecule has 4 heteroatoms. The first-order valence-electron chi connectivity index (χ1n) is 5.34. The van der Waals surface area contributed by atoms with E-state index in [1.54, 1.807) is 6.07 Å². The molecular formula is C12H17FN2O. The van der Waals surface area contributed by atoms with Crippen molar-refractivity contribution in [1.82, 2.24) is 5.32 Å². The van der Waals surface area contributed by atoms with Crippen molar-refractivity contribution < 1.29 is 9.18 Å². The highest BCUT2D eigenvalue weighted by molar-refractivity contribution is 5.91. The van der Waals surface area contributed by atoms with Gasteiger partial charge in [-0.3, -0.25) is 4.79 Å². The van der Waals surface area contributed by atoms with Crippen molar-refractivity contribution in [2.24, 2.45) is 0 Å². The maximum Gasteiger partial charge on any atom is 0.224 e. The number of anilines is 1. The minimum atomic E-state index is -0.337. The Kier molecular flexibility index (Phi) is 4.92. The second kappa shape index (κ2) is 6.23. The van der Waals surface area contributed by atoms with E-state index < -0.39 is 0 Å². The van der Waals surface area contributed by atoms with E-state index in [9.17, 15) is 9.18 Å². The molecule has 1 amide bonds. The van der Waals surface area contributed by atoms with E-state index in [2.05, 4.69) is 10.6 Å². The lowest BCUT2D eigenvalue weighted by molar-refractivity contribution is -0.116. The van der Waals surface area contributed by atoms with Crippen LogP contribution >= 0.6 is 0 Å². The largest absolute Gasteiger partial charge is 0.326 e. The first kappa shape index (κ1) is 12.6. The van der Waals surface area contributed by atoms with Crippen molar-refractivity contribution in [3.8, 4) is 0 Å². The Morgan fingerprint density at radius 2 is 2.19 bits per heavy atom. The van der Waals surface area contributed by atoms with Gasteiger partial charge in [0.15, 0.2) is 0 Å². The summed E-state index contributed by atoms with van der Waals surface area (Å²) < 4.78 is 12.9. The van der Waals surface area contributed by atoms with E-state index in [1.807, 2.05) is 14.0 Å². The van der Waals surface area contributed by atoms with Gasteiger partial charge in [-0.15, -0.1) is 0 Å². The molecule has 0 aliphatic rings. The van der Waals surface area contributed by atoms with Gasteiger partial charge in [-0.05, 0) is 44.6 Å². The summed E-state index contributed by atoms with van der Waals surface area (Å²) in [5, 5.41) is 5.67. The van der Waals surface area contributed by atoms with Gasteiger partial charge < -0.3 is 10.6 Å². The van der Waals surface area contributed by atoms with Crippen LogP contribution in [0.15, 0.2) is 18.2 Å². The molecule has 1 aromatic carbocycles. The SMILES string of the molecule is CNCCCC(=O)Nc1cc(F)ccc1C. The molecule has 0 saturated carbocycles. The second-order valence-electron chi connectivity index (χ2n) is 3.71. The van der Waals surface area contributed by atoms with Crippen molar-refractivity contribution in [2.75, 3.05) is 18.9 Å². The smallest absolute Gasteiger partial charge is 0.224 e. The molecule has 0 spiro atoms. The molecule has 0 saturated heterocycles. The third-order valence-electron chi connectivity index (χ3n) is 2.30. The first-order chi connectivity index (χ1) is 7.63. The van der Waals surface area contributed by atoms with Crippen molar-refractivity contribution in [3.63, 3.8) is 0 Å². The van der Waals surface area contributed by atoms with Crippen molar-refractivity contribution in [2.45, 2.75) is 19.8 Å². The summed E-state index contributed by atoms with van der Waals surface area (Å²) in [7, 11) is 1.84. The Morgan fingerprint density at radius 3 is 2.88 bits per heavy atom. The van der Waals surface area contributed by atoms with Crippen LogP contribution in [-0.4, -0.2) is 19.5 Å². The number of nitrogens with one attached hydrogen (secondary N) is 2. The van der Waals surface area contributed by atoms with Crippen molar-refractivity contribution >= 4 is 11.6 Å². The van der Waals surface area contributed by atoms with Gasteiger partial charge in [0.25, 0.3) is 0 Å². The Morgan fingerprint density at radius 1 is 1.44 bits per heavy atom. The fraction of sp³-hybridized carbons (Fsp3) is 0.417. The van der Waals surface area contributed by atoms with E-state index in [0.29, 0.717) is 12.1 Å². The second-order valence-corrected chi connectivity index (χ2v) is 3.71. The fourth-order valence-electron chi connectivity index (χ4n) is 1.37. The lowest BCUT2D eigenvalue weighted by atomic mass is 10.2. The summed E-state index contributed by atoms with van der Waals surface area (Å²) in [4.78, 5) is 11.5. The standard InChI is InChI=1S/C12H17FN2O/c1-9-5-6-10(13)8-11(9)15-12(16)4-3-7-14-2/h5-6,8,14H,3-4,7H2,1-2H3,(H,15,16). The Balaban J connectivity index is 2.52. The van der Waals surface area contributed by atoms with Crippen LogP contribution in [-0.2, 0) is 4.79 Å². The van der Waals surface area contributed by atoms with Crippen LogP contribution in [0.25, 0.3) is 0 Å². The van der Waals surface area contributed by atoms with Crippen LogP contribution in [0, 0.1) is 12.7 Å². The predicted octanol–water partition coefficient (Wildman–Crippen LogP) is 2.07. The van der Waals surface area contributed by atoms with Crippen LogP contribution in [0.2, 0.25) is 0 Å². The molecule has 2 N–H and O–H groups in total. The zero-order valence-electron chi connectivity index (χ0n) is 9.64. The third kappa shape index (κ3) is 3.98. The molecule has 0 unspecified atom stereocenters. The number of hydrogen-bond donors (Lipinski definition) is 2. The summed E-state index contributed by atoms with van der Waals surface area (Å²) in [6, 6.07) is 4.37. The molecular weight excluding hydrogens is 207 g/mol. The highest BCUT2D eigenvalue weighted by Crippen LogP contribution is 2.16. The van der Waals surface area contributed by atoms with E-state index in [4.69, 9.17) is 0 Å². The Labute approximate surface area is 95.0 Å². The van der Waals surface area contributed by atoms with Gasteiger partial charge in [0.1, 0.15) is 5.82 Å². The number of benzene rings is 1. The molecule has 0 aliphatic carbocycles. The molecule has 0 heterocycles. The van der Waals surface area contributed by atoms with E-state index in [-0.39, 0.29) is 11.7 Å². The number of carbonyl (C=O) groups excluding carboxylic acids is 1. The number of carbonyl (C=O) groups is 1. The van der Waals surface area contributed by atoms with Gasteiger partial charge in [-0.1, -0.05) is 6.07 Å². The zero-order chi connectivity index (χ0) is 12.0. The average Bonchev–Trinajstić information content (AvgIpc) is 2.24. The minimum Gasteiger partial charge on any atom is -0.326 e. The molecule has 0 aliphatic heterocycles. The molecule has 0 aromatic heterocycles. The molecule has 88 valence electrons. The first-order valence-corrected chi connectivity index (χ1v) is 5.34. The monoisotopic (exact) mass is 224 g/mol. The van der Waals surface area contributed by atoms with Crippen LogP contribution < -0.4 is 10.6 Å². The maximum absolute atomic E-state index is 12.9. The molecule has 0 bridgehead atoms. The number of amides is 1. The molecule has 16 heavy (non-hydrogen) atoms. The van der Waals surface area contributed by atoms with Gasteiger partial charge in [-0.25, -0.2) is 4.39 Å². The molecule has 0 fully saturated rings. The van der Waals surface area contributed by atoms with Gasteiger partial charge in [0.05, 0.1) is 0 Å². The minimum absolute atomic E-state index is 0.0797. The third-order valence-corrected chi connectivity index (χ3v) is 2.30. The highest BCUT2D eigenvalue weighted by atomic mass is 19.1. The topological polar surface area (TPSA) is 41.1 Å². The van der Waals surface area contributed by atoms with Crippen LogP contribution in [0.4, 0.5) is 10.1 Å². The van der Waals surface area contributed by atoms with Gasteiger partial charge in [0, 0.05) is 12.1 Å². The lowest BCUT2D eigenvalue weighted by Gasteiger charge is -2.08. The Bertz CT molecular complexity index is 366. The van der Waals surface area contributed by atoms with Crippen LogP contribution in [0.1, 0.15) is 18.4 Å². The molecule has 0 atom stereocenters. The molecule has 0 radical (unpaired) electrons. The molecule has 1 aromatic rings. The van der Waals surface area contributed by atoms with Crippen molar-refractivity contribution in [3.05, 3.63) is 29.6 Å². The summed E-state index contributed by atoms with van der Waals surface area (Å²) >= 11 is 0. The fourth-order valence-corrected chi connectivity index (χ4v) is 1.37. The van der Waals surface area contributed by atoms with E-state index >= 15 is 0 Å². The summed E-state index contributed by atoms with van der Waals surface area (Å²) in [6.07, 6.45) is 1.22. The van der Waals surface area contributed by atoms with Gasteiger partial charge >= 0.3 is 0 Å². The quantitative estimate of drug-likeness (QED) is 0.752. The van der Waals surface area contributed by atoms with E-state index in [1.165, 1.54) is 12.1 Å². The number of aryl methyl sites for hydroxylation is 1. The maximum atomic E-state index is 12.9. The summed E-state index contributed by atoms with van der Waals surface area (Å²) in [6.45, 7) is 2.64. The predicted molar refractivity (Wildman–Crippen MR) is 62.9 cm³/mol. The Hall–Kier alpha value is -1.42. The zero-order valence-corrected chi connectivity index (χ0v) is 9.64. The average molecular weight is 224 g/mol. The van der Waals surface area contributed by atoms with E-state index in [0.717, 1.165) is 18.5 Å². The van der Waals surface area contributed by atoms with Gasteiger partial charge in [0.2, 0.25) is 5.91 Å². The van der Waals surface area contributed by atoms with Crippen LogP contribution in [0.5, 0.6) is 0 Å². The summed E-state index contributed by atoms with van der Waals surface area (Å²) in [5.74, 6) is -0.417. The van der Waals surface area contributed by atoms with Gasteiger partial charge in [-0.2, -0.15) is 0 Å². The number of halogens is 1. The highest BCUT2D eigenvalue weighted by Gasteiger charge is 2.05. The van der Waals surface area contributed by atoms with Crippen molar-refractivity contribution in [1.29, 1.82) is 0 Å². The number of rotatable bonds is 5. The van der Waals surface area contributed by atoms with Crippen LogP contribution in [0.3, 0.4) is 0 Å². The summed E-state index contributed by atoms with van der Waals surface area (Å²) in [5.41, 5.74) is 1.41. The molecule has 3 nitrogen and oxygen atoms in total. The number of hydrogen-bond acceptors (Lipinski definition) is 2. The normalized spacial score (nSPS) is 10.2. The lowest BCUT2D eigenvalue weighted by Crippen LogP contribution is -2.15.